The number of methoxy groups -OCH3 is 1. The second-order valence-corrected chi connectivity index (χ2v) is 8.21. The van der Waals surface area contributed by atoms with Crippen LogP contribution < -0.4 is 16.0 Å². The monoisotopic (exact) mass is 457 g/mol. The highest BCUT2D eigenvalue weighted by Crippen LogP contribution is 2.38. The number of fused-ring (bicyclic) bond motifs is 2. The highest BCUT2D eigenvalue weighted by atomic mass is 35.5. The fourth-order valence-corrected chi connectivity index (χ4v) is 4.89. The first-order valence-electron chi connectivity index (χ1n) is 8.97. The van der Waals surface area contributed by atoms with Crippen LogP contribution in [0.25, 0.3) is 37.2 Å². The van der Waals surface area contributed by atoms with E-state index in [1.807, 2.05) is 0 Å². The summed E-state index contributed by atoms with van der Waals surface area (Å²) in [5.74, 6) is -0.568. The van der Waals surface area contributed by atoms with Crippen LogP contribution in [0, 0.1) is 5.82 Å². The molecule has 0 aliphatic heterocycles. The van der Waals surface area contributed by atoms with E-state index < -0.39 is 17.1 Å². The average Bonchev–Trinajstić information content (AvgIpc) is 3.32. The Labute approximate surface area is 182 Å². The number of H-pyrrole nitrogens is 1. The third kappa shape index (κ3) is 2.94. The smallest absolute Gasteiger partial charge is 0.333 e. The van der Waals surface area contributed by atoms with E-state index >= 15 is 0 Å². The Morgan fingerprint density at radius 3 is 2.77 bits per heavy atom. The quantitative estimate of drug-likeness (QED) is 0.447. The number of thiophene rings is 1. The number of halogens is 2. The van der Waals surface area contributed by atoms with Crippen LogP contribution in [-0.4, -0.2) is 31.4 Å². The number of benzene rings is 1. The molecular formula is C20H13ClFN5O3S. The van der Waals surface area contributed by atoms with Gasteiger partial charge in [0.25, 0.3) is 5.56 Å². The number of aromatic nitrogens is 5. The normalized spacial score (nSPS) is 11.5. The van der Waals surface area contributed by atoms with Crippen LogP contribution in [0.15, 0.2) is 46.4 Å². The zero-order chi connectivity index (χ0) is 21.9. The van der Waals surface area contributed by atoms with Gasteiger partial charge in [-0.25, -0.2) is 13.8 Å². The van der Waals surface area contributed by atoms with Gasteiger partial charge in [-0.15, -0.1) is 11.3 Å². The third-order valence-corrected chi connectivity index (χ3v) is 6.41. The van der Waals surface area contributed by atoms with Crippen molar-refractivity contribution < 1.29 is 9.13 Å². The van der Waals surface area contributed by atoms with Crippen molar-refractivity contribution in [2.45, 2.75) is 0 Å². The van der Waals surface area contributed by atoms with E-state index in [9.17, 15) is 14.0 Å². The fourth-order valence-electron chi connectivity index (χ4n) is 3.51. The third-order valence-electron chi connectivity index (χ3n) is 4.94. The van der Waals surface area contributed by atoms with Gasteiger partial charge in [-0.05, 0) is 18.2 Å². The van der Waals surface area contributed by atoms with Crippen molar-refractivity contribution in [3.05, 3.63) is 68.5 Å². The van der Waals surface area contributed by atoms with Gasteiger partial charge >= 0.3 is 5.69 Å². The van der Waals surface area contributed by atoms with E-state index in [4.69, 9.17) is 16.3 Å². The maximum atomic E-state index is 13.9. The molecule has 8 nitrogen and oxygen atoms in total. The highest BCUT2D eigenvalue weighted by Gasteiger charge is 2.19. The first-order valence-corrected chi connectivity index (χ1v) is 10.2. The Morgan fingerprint density at radius 2 is 2.00 bits per heavy atom. The molecule has 4 heterocycles. The number of pyridine rings is 1. The molecule has 0 spiro atoms. The number of hydrogen-bond acceptors (Lipinski definition) is 6. The lowest BCUT2D eigenvalue weighted by Gasteiger charge is -2.07. The second-order valence-electron chi connectivity index (χ2n) is 6.76. The molecule has 31 heavy (non-hydrogen) atoms. The molecule has 0 aliphatic rings. The summed E-state index contributed by atoms with van der Waals surface area (Å²) in [6.07, 6.45) is 4.66. The molecule has 0 bridgehead atoms. The van der Waals surface area contributed by atoms with Gasteiger partial charge in [-0.2, -0.15) is 5.10 Å². The van der Waals surface area contributed by atoms with Crippen LogP contribution in [0.3, 0.4) is 0 Å². The number of aryl methyl sites for hydroxylation is 1. The average molecular weight is 458 g/mol. The standard InChI is InChI=1S/C20H13ClFN5O3S/c1-26-17-9(7-24-26)6-23-8-14(17)27-19(28)18-13(25-20(27)29)5-16(31-18)10-3-15(30-2)12(22)4-11(10)21/h3-8H,1-2H3,(H,25,29). The molecule has 1 aromatic carbocycles. The van der Waals surface area contributed by atoms with Crippen molar-refractivity contribution in [1.29, 1.82) is 0 Å². The molecular weight excluding hydrogens is 445 g/mol. The fraction of sp³-hybridized carbons (Fsp3) is 0.100. The van der Waals surface area contributed by atoms with Gasteiger partial charge in [0.15, 0.2) is 11.6 Å². The SMILES string of the molecule is COc1cc(-c2cc3[nH]c(=O)n(-c4cncc5cnn(C)c45)c(=O)c3s2)c(Cl)cc1F. The van der Waals surface area contributed by atoms with Crippen LogP contribution in [0.1, 0.15) is 0 Å². The highest BCUT2D eigenvalue weighted by molar-refractivity contribution is 7.22. The Bertz CT molecular complexity index is 1620. The Hall–Kier alpha value is -3.50. The first-order chi connectivity index (χ1) is 14.9. The molecule has 0 fully saturated rings. The lowest BCUT2D eigenvalue weighted by Crippen LogP contribution is -2.33. The molecule has 0 aliphatic carbocycles. The van der Waals surface area contributed by atoms with E-state index in [0.29, 0.717) is 37.2 Å². The van der Waals surface area contributed by atoms with E-state index in [-0.39, 0.29) is 10.8 Å². The van der Waals surface area contributed by atoms with Gasteiger partial charge in [0.2, 0.25) is 0 Å². The summed E-state index contributed by atoms with van der Waals surface area (Å²) in [6.45, 7) is 0. The van der Waals surface area contributed by atoms with Crippen LogP contribution in [0.2, 0.25) is 5.02 Å². The molecule has 11 heteroatoms. The summed E-state index contributed by atoms with van der Waals surface area (Å²) in [5, 5.41) is 5.04. The number of nitrogens with one attached hydrogen (secondary N) is 1. The van der Waals surface area contributed by atoms with Crippen molar-refractivity contribution in [3.63, 3.8) is 0 Å². The summed E-state index contributed by atoms with van der Waals surface area (Å²) in [5.41, 5.74) is 0.655. The zero-order valence-corrected chi connectivity index (χ0v) is 17.7. The van der Waals surface area contributed by atoms with Crippen molar-refractivity contribution >= 4 is 44.1 Å². The largest absolute Gasteiger partial charge is 0.494 e. The molecule has 156 valence electrons. The minimum absolute atomic E-state index is 0.0247. The predicted octanol–water partition coefficient (Wildman–Crippen LogP) is 3.49. The lowest BCUT2D eigenvalue weighted by atomic mass is 10.1. The van der Waals surface area contributed by atoms with Gasteiger partial charge < -0.3 is 9.72 Å². The zero-order valence-electron chi connectivity index (χ0n) is 16.1. The van der Waals surface area contributed by atoms with Gasteiger partial charge in [-0.3, -0.25) is 14.5 Å². The van der Waals surface area contributed by atoms with Crippen LogP contribution in [0.4, 0.5) is 4.39 Å². The molecule has 4 aromatic heterocycles. The molecule has 0 unspecified atom stereocenters. The van der Waals surface area contributed by atoms with Gasteiger partial charge in [0, 0.05) is 29.1 Å². The number of hydrogen-bond donors (Lipinski definition) is 1. The summed E-state index contributed by atoms with van der Waals surface area (Å²) in [4.78, 5) is 33.6. The van der Waals surface area contributed by atoms with Crippen LogP contribution in [-0.2, 0) is 7.05 Å². The molecule has 0 saturated heterocycles. The van der Waals surface area contributed by atoms with Crippen LogP contribution in [0.5, 0.6) is 5.75 Å². The predicted molar refractivity (Wildman–Crippen MR) is 117 cm³/mol. The van der Waals surface area contributed by atoms with Gasteiger partial charge in [-0.1, -0.05) is 11.6 Å². The minimum atomic E-state index is -0.611. The van der Waals surface area contributed by atoms with Crippen molar-refractivity contribution in [2.24, 2.45) is 7.05 Å². The van der Waals surface area contributed by atoms with Crippen molar-refractivity contribution in [1.82, 2.24) is 24.3 Å². The van der Waals surface area contributed by atoms with Gasteiger partial charge in [0.05, 0.1) is 41.2 Å². The van der Waals surface area contributed by atoms with Crippen LogP contribution >= 0.6 is 22.9 Å². The Kier molecular flexibility index (Phi) is 4.42. The maximum absolute atomic E-state index is 13.9. The number of ether oxygens (including phenoxy) is 1. The first kappa shape index (κ1) is 19.5. The maximum Gasteiger partial charge on any atom is 0.333 e. The minimum Gasteiger partial charge on any atom is -0.494 e. The molecule has 0 amide bonds. The Morgan fingerprint density at radius 1 is 1.19 bits per heavy atom. The Balaban J connectivity index is 1.78. The molecule has 0 radical (unpaired) electrons. The second kappa shape index (κ2) is 7.03. The molecule has 0 saturated carbocycles. The summed E-state index contributed by atoms with van der Waals surface area (Å²) in [6, 6.07) is 4.24. The molecule has 1 N–H and O–H groups in total. The van der Waals surface area contributed by atoms with E-state index in [1.54, 1.807) is 30.2 Å². The van der Waals surface area contributed by atoms with Crippen molar-refractivity contribution in [2.75, 3.05) is 7.11 Å². The summed E-state index contributed by atoms with van der Waals surface area (Å²) < 4.78 is 21.9. The number of rotatable bonds is 3. The molecule has 0 atom stereocenters. The lowest BCUT2D eigenvalue weighted by molar-refractivity contribution is 0.387. The van der Waals surface area contributed by atoms with E-state index in [2.05, 4.69) is 15.1 Å². The van der Waals surface area contributed by atoms with Crippen molar-refractivity contribution in [3.8, 4) is 21.9 Å². The van der Waals surface area contributed by atoms with E-state index in [0.717, 1.165) is 22.0 Å². The molecule has 5 rings (SSSR count). The molecule has 5 aromatic rings. The summed E-state index contributed by atoms with van der Waals surface area (Å²) in [7, 11) is 3.07. The van der Waals surface area contributed by atoms with Gasteiger partial charge in [0.1, 0.15) is 4.70 Å². The number of nitrogens with zero attached hydrogens (tertiary/aromatic N) is 4. The number of aromatic amines is 1. The van der Waals surface area contributed by atoms with E-state index in [1.165, 1.54) is 19.4 Å². The summed E-state index contributed by atoms with van der Waals surface area (Å²) >= 11 is 7.36. The topological polar surface area (TPSA) is 94.8 Å².